The highest BCUT2D eigenvalue weighted by Crippen LogP contribution is 2.25. The molecular formula is C20H28N2O5S. The van der Waals surface area contributed by atoms with Gasteiger partial charge >= 0.3 is 6.09 Å². The molecule has 8 heteroatoms. The van der Waals surface area contributed by atoms with Crippen molar-refractivity contribution in [2.75, 3.05) is 25.4 Å². The summed E-state index contributed by atoms with van der Waals surface area (Å²) >= 11 is 0. The number of hydrogen-bond acceptors (Lipinski definition) is 6. The van der Waals surface area contributed by atoms with Crippen molar-refractivity contribution in [2.45, 2.75) is 50.5 Å². The van der Waals surface area contributed by atoms with Gasteiger partial charge in [0.15, 0.2) is 16.4 Å². The van der Waals surface area contributed by atoms with Crippen LogP contribution >= 0.6 is 0 Å². The lowest BCUT2D eigenvalue weighted by Crippen LogP contribution is -2.41. The van der Waals surface area contributed by atoms with E-state index in [4.69, 9.17) is 14.7 Å². The Bertz CT molecular complexity index is 798. The number of nitriles is 1. The van der Waals surface area contributed by atoms with Crippen molar-refractivity contribution in [3.63, 3.8) is 0 Å². The number of nitrogens with zero attached hydrogens (tertiary/aromatic N) is 2. The first kappa shape index (κ1) is 22.0. The van der Waals surface area contributed by atoms with Crippen molar-refractivity contribution in [2.24, 2.45) is 5.92 Å². The molecule has 1 aliphatic heterocycles. The van der Waals surface area contributed by atoms with E-state index >= 15 is 0 Å². The molecule has 1 amide bonds. The second-order valence-corrected chi connectivity index (χ2v) is 10.0. The van der Waals surface area contributed by atoms with Gasteiger partial charge in [-0.3, -0.25) is 0 Å². The van der Waals surface area contributed by atoms with Gasteiger partial charge in [0, 0.05) is 13.1 Å². The molecule has 1 aliphatic rings. The predicted octanol–water partition coefficient (Wildman–Crippen LogP) is 3.40. The van der Waals surface area contributed by atoms with Crippen LogP contribution in [0, 0.1) is 17.2 Å². The van der Waals surface area contributed by atoms with E-state index in [0.29, 0.717) is 25.3 Å². The van der Waals surface area contributed by atoms with Gasteiger partial charge in [0.25, 0.3) is 0 Å². The molecule has 0 spiro atoms. The molecule has 0 saturated carbocycles. The van der Waals surface area contributed by atoms with E-state index < -0.39 is 15.4 Å². The monoisotopic (exact) mass is 408 g/mol. The highest BCUT2D eigenvalue weighted by atomic mass is 32.2. The third-order valence-electron chi connectivity index (χ3n) is 4.55. The first-order valence-electron chi connectivity index (χ1n) is 9.41. The smallest absolute Gasteiger partial charge is 0.410 e. The molecule has 1 fully saturated rings. The number of sulfone groups is 1. The van der Waals surface area contributed by atoms with Crippen LogP contribution in [0.25, 0.3) is 0 Å². The maximum Gasteiger partial charge on any atom is 0.410 e. The summed E-state index contributed by atoms with van der Waals surface area (Å²) < 4.78 is 35.6. The minimum absolute atomic E-state index is 0.0719. The molecule has 0 aromatic heterocycles. The second-order valence-electron chi connectivity index (χ2n) is 7.94. The van der Waals surface area contributed by atoms with Crippen LogP contribution in [0.1, 0.15) is 40.0 Å². The number of hydrogen-bond donors (Lipinski definition) is 0. The summed E-state index contributed by atoms with van der Waals surface area (Å²) in [5.41, 5.74) is -0.517. The molecule has 0 radical (unpaired) electrons. The van der Waals surface area contributed by atoms with Crippen LogP contribution in [0.2, 0.25) is 0 Å². The molecule has 0 unspecified atom stereocenters. The lowest BCUT2D eigenvalue weighted by molar-refractivity contribution is 0.0183. The summed E-state index contributed by atoms with van der Waals surface area (Å²) in [7, 11) is -3.38. The molecule has 1 saturated heterocycles. The minimum Gasteiger partial charge on any atom is -0.479 e. The number of likely N-dealkylation sites (tertiary alicyclic amines) is 1. The number of amides is 1. The summed E-state index contributed by atoms with van der Waals surface area (Å²) in [5.74, 6) is 0.810. The Labute approximate surface area is 167 Å². The first-order chi connectivity index (χ1) is 13.1. The van der Waals surface area contributed by atoms with Gasteiger partial charge in [-0.05, 0) is 70.2 Å². The molecule has 154 valence electrons. The van der Waals surface area contributed by atoms with Crippen molar-refractivity contribution in [3.8, 4) is 11.8 Å². The highest BCUT2D eigenvalue weighted by Gasteiger charge is 2.27. The Morgan fingerprint density at radius 2 is 1.82 bits per heavy atom. The van der Waals surface area contributed by atoms with Crippen LogP contribution < -0.4 is 4.74 Å². The summed E-state index contributed by atoms with van der Waals surface area (Å²) in [4.78, 5) is 14.0. The molecule has 1 aromatic rings. The van der Waals surface area contributed by atoms with E-state index in [9.17, 15) is 13.2 Å². The van der Waals surface area contributed by atoms with Crippen LogP contribution in [0.3, 0.4) is 0 Å². The van der Waals surface area contributed by atoms with Gasteiger partial charge < -0.3 is 14.4 Å². The summed E-state index contributed by atoms with van der Waals surface area (Å²) in [5, 5.41) is 8.50. The number of ether oxygens (including phenoxy) is 2. The van der Waals surface area contributed by atoms with Crippen molar-refractivity contribution < 1.29 is 22.7 Å². The Balaban J connectivity index is 1.82. The number of rotatable bonds is 6. The topological polar surface area (TPSA) is 96.7 Å². The van der Waals surface area contributed by atoms with Crippen LogP contribution in [0.15, 0.2) is 29.2 Å². The normalized spacial score (nSPS) is 15.7. The molecule has 0 N–H and O–H groups in total. The minimum atomic E-state index is -3.38. The van der Waals surface area contributed by atoms with Gasteiger partial charge in [0.1, 0.15) is 17.4 Å². The summed E-state index contributed by atoms with van der Waals surface area (Å²) in [6.07, 6.45) is 1.81. The third-order valence-corrected chi connectivity index (χ3v) is 6.31. The molecule has 1 heterocycles. The second kappa shape index (κ2) is 9.28. The first-order valence-corrected chi connectivity index (χ1v) is 11.1. The zero-order valence-corrected chi connectivity index (χ0v) is 17.5. The van der Waals surface area contributed by atoms with E-state index in [2.05, 4.69) is 0 Å². The quantitative estimate of drug-likeness (QED) is 0.716. The van der Waals surface area contributed by atoms with Crippen molar-refractivity contribution in [3.05, 3.63) is 24.3 Å². The predicted molar refractivity (Wildman–Crippen MR) is 105 cm³/mol. The highest BCUT2D eigenvalue weighted by molar-refractivity contribution is 7.91. The Morgan fingerprint density at radius 3 is 2.36 bits per heavy atom. The fraction of sp³-hybridized carbons (Fsp3) is 0.600. The van der Waals surface area contributed by atoms with Gasteiger partial charge in [0.2, 0.25) is 0 Å². The molecule has 28 heavy (non-hydrogen) atoms. The lowest BCUT2D eigenvalue weighted by atomic mass is 9.95. The van der Waals surface area contributed by atoms with Gasteiger partial charge in [-0.15, -0.1) is 0 Å². The van der Waals surface area contributed by atoms with Crippen LogP contribution in [-0.2, 0) is 14.6 Å². The van der Waals surface area contributed by atoms with Gasteiger partial charge in [-0.1, -0.05) is 0 Å². The lowest BCUT2D eigenvalue weighted by Gasteiger charge is -2.33. The van der Waals surface area contributed by atoms with Crippen molar-refractivity contribution >= 4 is 15.9 Å². The zero-order chi connectivity index (χ0) is 20.8. The number of piperidine rings is 1. The third kappa shape index (κ3) is 6.71. The zero-order valence-electron chi connectivity index (χ0n) is 16.7. The van der Waals surface area contributed by atoms with E-state index in [1.165, 1.54) is 12.1 Å². The van der Waals surface area contributed by atoms with Crippen LogP contribution in [0.5, 0.6) is 5.75 Å². The summed E-state index contributed by atoms with van der Waals surface area (Å²) in [6, 6.07) is 8.00. The van der Waals surface area contributed by atoms with E-state index in [1.54, 1.807) is 17.0 Å². The van der Waals surface area contributed by atoms with Gasteiger partial charge in [-0.25, -0.2) is 13.2 Å². The fourth-order valence-corrected chi connectivity index (χ4v) is 4.46. The standard InChI is InChI=1S/C20H28N2O5S/c1-20(2,3)27-19(23)22-12-8-16(9-13-22)10-15-28(24,25)18-6-4-17(5-7-18)26-14-11-21/h4-7,16H,8-10,12-15H2,1-3H3. The molecule has 2 rings (SSSR count). The van der Waals surface area contributed by atoms with Crippen LogP contribution in [-0.4, -0.2) is 50.5 Å². The number of benzene rings is 1. The number of carbonyl (C=O) groups excluding carboxylic acids is 1. The van der Waals surface area contributed by atoms with E-state index in [-0.39, 0.29) is 29.3 Å². The molecule has 0 aliphatic carbocycles. The van der Waals surface area contributed by atoms with Gasteiger partial charge in [0.05, 0.1) is 10.6 Å². The SMILES string of the molecule is CC(C)(C)OC(=O)N1CCC(CCS(=O)(=O)c2ccc(OCC#N)cc2)CC1. The van der Waals surface area contributed by atoms with Crippen LogP contribution in [0.4, 0.5) is 4.79 Å². The summed E-state index contributed by atoms with van der Waals surface area (Å²) in [6.45, 7) is 6.61. The Hall–Kier alpha value is -2.27. The van der Waals surface area contributed by atoms with E-state index in [1.807, 2.05) is 26.8 Å². The average Bonchev–Trinajstić information content (AvgIpc) is 2.64. The van der Waals surface area contributed by atoms with Crippen molar-refractivity contribution in [1.82, 2.24) is 4.90 Å². The molecule has 0 atom stereocenters. The molecule has 7 nitrogen and oxygen atoms in total. The van der Waals surface area contributed by atoms with E-state index in [0.717, 1.165) is 12.8 Å². The number of carbonyl (C=O) groups is 1. The van der Waals surface area contributed by atoms with Crippen molar-refractivity contribution in [1.29, 1.82) is 5.26 Å². The molecule has 0 bridgehead atoms. The molecule has 1 aromatic carbocycles. The Morgan fingerprint density at radius 1 is 1.21 bits per heavy atom. The molecular weight excluding hydrogens is 380 g/mol. The largest absolute Gasteiger partial charge is 0.479 e. The maximum atomic E-state index is 12.6. The average molecular weight is 409 g/mol. The fourth-order valence-electron chi connectivity index (χ4n) is 3.03. The maximum absolute atomic E-state index is 12.6. The Kier molecular flexibility index (Phi) is 7.30. The van der Waals surface area contributed by atoms with Gasteiger partial charge in [-0.2, -0.15) is 5.26 Å².